The van der Waals surface area contributed by atoms with Crippen molar-refractivity contribution < 1.29 is 0 Å². The van der Waals surface area contributed by atoms with E-state index in [0.717, 1.165) is 23.8 Å². The predicted octanol–water partition coefficient (Wildman–Crippen LogP) is 4.88. The molecule has 0 aliphatic heterocycles. The minimum Gasteiger partial charge on any atom is -0.370 e. The third-order valence-corrected chi connectivity index (χ3v) is 4.46. The maximum Gasteiger partial charge on any atom is 0.134 e. The lowest BCUT2D eigenvalue weighted by molar-refractivity contribution is 0.799. The van der Waals surface area contributed by atoms with Crippen molar-refractivity contribution in [2.45, 2.75) is 50.0 Å². The first-order valence-electron chi connectivity index (χ1n) is 7.45. The standard InChI is InChI=1S/C17H23N3S/c1-5-10-18-16-15(12(2)3)17(20-11-19-16)21-14-9-7-6-8-13(14)4/h6-9,11-12H,5,10H2,1-4H3,(H,18,19,20). The van der Waals surface area contributed by atoms with Crippen LogP contribution in [0.4, 0.5) is 5.82 Å². The van der Waals surface area contributed by atoms with Gasteiger partial charge in [0.2, 0.25) is 0 Å². The Hall–Kier alpha value is -1.55. The Labute approximate surface area is 131 Å². The molecule has 21 heavy (non-hydrogen) atoms. The van der Waals surface area contributed by atoms with Crippen molar-refractivity contribution in [3.63, 3.8) is 0 Å². The second kappa shape index (κ2) is 7.46. The SMILES string of the molecule is CCCNc1ncnc(Sc2ccccc2C)c1C(C)C. The molecule has 0 unspecified atom stereocenters. The van der Waals surface area contributed by atoms with E-state index in [9.17, 15) is 0 Å². The highest BCUT2D eigenvalue weighted by Crippen LogP contribution is 2.36. The van der Waals surface area contributed by atoms with Crippen molar-refractivity contribution in [1.82, 2.24) is 9.97 Å². The fourth-order valence-electron chi connectivity index (χ4n) is 2.14. The molecule has 0 spiro atoms. The van der Waals surface area contributed by atoms with E-state index in [1.807, 2.05) is 0 Å². The maximum atomic E-state index is 4.52. The summed E-state index contributed by atoms with van der Waals surface area (Å²) < 4.78 is 0. The van der Waals surface area contributed by atoms with Gasteiger partial charge in [0.15, 0.2) is 0 Å². The average molecular weight is 301 g/mol. The molecule has 0 fully saturated rings. The number of aryl methyl sites for hydroxylation is 1. The Morgan fingerprint density at radius 1 is 1.19 bits per heavy atom. The number of aromatic nitrogens is 2. The van der Waals surface area contributed by atoms with Gasteiger partial charge in [0.25, 0.3) is 0 Å². The minimum atomic E-state index is 0.386. The van der Waals surface area contributed by atoms with Crippen molar-refractivity contribution in [1.29, 1.82) is 0 Å². The summed E-state index contributed by atoms with van der Waals surface area (Å²) in [4.78, 5) is 10.2. The predicted molar refractivity (Wildman–Crippen MR) is 90.2 cm³/mol. The third kappa shape index (κ3) is 3.97. The Kier molecular flexibility index (Phi) is 5.62. The summed E-state index contributed by atoms with van der Waals surface area (Å²) in [6.07, 6.45) is 2.74. The molecule has 0 aliphatic rings. The van der Waals surface area contributed by atoms with Crippen LogP contribution in [0.2, 0.25) is 0 Å². The van der Waals surface area contributed by atoms with Crippen molar-refractivity contribution in [2.75, 3.05) is 11.9 Å². The summed E-state index contributed by atoms with van der Waals surface area (Å²) in [7, 11) is 0. The van der Waals surface area contributed by atoms with Crippen LogP contribution in [0.3, 0.4) is 0 Å². The zero-order chi connectivity index (χ0) is 15.2. The molecule has 0 atom stereocenters. The second-order valence-electron chi connectivity index (χ2n) is 5.39. The van der Waals surface area contributed by atoms with Gasteiger partial charge in [0, 0.05) is 17.0 Å². The van der Waals surface area contributed by atoms with Gasteiger partial charge in [0.05, 0.1) is 0 Å². The van der Waals surface area contributed by atoms with Crippen LogP contribution < -0.4 is 5.32 Å². The lowest BCUT2D eigenvalue weighted by Gasteiger charge is -2.16. The topological polar surface area (TPSA) is 37.8 Å². The average Bonchev–Trinajstić information content (AvgIpc) is 2.47. The lowest BCUT2D eigenvalue weighted by Crippen LogP contribution is -2.08. The molecule has 4 heteroatoms. The number of rotatable bonds is 6. The number of benzene rings is 1. The highest BCUT2D eigenvalue weighted by molar-refractivity contribution is 7.99. The zero-order valence-corrected chi connectivity index (χ0v) is 14.0. The molecular weight excluding hydrogens is 278 g/mol. The van der Waals surface area contributed by atoms with Gasteiger partial charge in [-0.25, -0.2) is 9.97 Å². The van der Waals surface area contributed by atoms with Crippen molar-refractivity contribution in [2.24, 2.45) is 0 Å². The molecule has 0 bridgehead atoms. The molecule has 1 aromatic heterocycles. The zero-order valence-electron chi connectivity index (χ0n) is 13.2. The van der Waals surface area contributed by atoms with Crippen LogP contribution in [0.5, 0.6) is 0 Å². The monoisotopic (exact) mass is 301 g/mol. The maximum absolute atomic E-state index is 4.52. The van der Waals surface area contributed by atoms with Gasteiger partial charge in [0.1, 0.15) is 17.2 Å². The van der Waals surface area contributed by atoms with Crippen LogP contribution in [-0.4, -0.2) is 16.5 Å². The summed E-state index contributed by atoms with van der Waals surface area (Å²) in [5.74, 6) is 1.36. The van der Waals surface area contributed by atoms with E-state index in [-0.39, 0.29) is 0 Å². The molecule has 1 N–H and O–H groups in total. The highest BCUT2D eigenvalue weighted by atomic mass is 32.2. The van der Waals surface area contributed by atoms with Crippen molar-refractivity contribution in [3.8, 4) is 0 Å². The Morgan fingerprint density at radius 3 is 2.62 bits per heavy atom. The smallest absolute Gasteiger partial charge is 0.134 e. The minimum absolute atomic E-state index is 0.386. The molecule has 1 aromatic carbocycles. The summed E-state index contributed by atoms with van der Waals surface area (Å²) in [6.45, 7) is 9.61. The van der Waals surface area contributed by atoms with Gasteiger partial charge < -0.3 is 5.32 Å². The van der Waals surface area contributed by atoms with E-state index >= 15 is 0 Å². The molecule has 2 aromatic rings. The molecule has 1 heterocycles. The number of hydrogen-bond donors (Lipinski definition) is 1. The number of hydrogen-bond acceptors (Lipinski definition) is 4. The number of nitrogens with one attached hydrogen (secondary N) is 1. The van der Waals surface area contributed by atoms with Crippen LogP contribution in [0.1, 0.15) is 44.2 Å². The second-order valence-corrected chi connectivity index (χ2v) is 6.42. The fraction of sp³-hybridized carbons (Fsp3) is 0.412. The normalized spacial score (nSPS) is 10.9. The molecule has 0 saturated heterocycles. The van der Waals surface area contributed by atoms with Gasteiger partial charge >= 0.3 is 0 Å². The summed E-state index contributed by atoms with van der Waals surface area (Å²) >= 11 is 1.73. The fourth-order valence-corrected chi connectivity index (χ4v) is 3.27. The Morgan fingerprint density at radius 2 is 1.95 bits per heavy atom. The first kappa shape index (κ1) is 15.8. The van der Waals surface area contributed by atoms with E-state index in [0.29, 0.717) is 5.92 Å². The summed E-state index contributed by atoms with van der Waals surface area (Å²) in [5.41, 5.74) is 2.48. The van der Waals surface area contributed by atoms with Crippen molar-refractivity contribution in [3.05, 3.63) is 41.7 Å². The first-order valence-corrected chi connectivity index (χ1v) is 8.27. The van der Waals surface area contributed by atoms with Crippen LogP contribution >= 0.6 is 11.8 Å². The molecule has 0 saturated carbocycles. The molecule has 3 nitrogen and oxygen atoms in total. The molecule has 112 valence electrons. The van der Waals surface area contributed by atoms with Gasteiger partial charge in [-0.3, -0.25) is 0 Å². The number of nitrogens with zero attached hydrogens (tertiary/aromatic N) is 2. The first-order chi connectivity index (χ1) is 10.1. The van der Waals surface area contributed by atoms with Crippen LogP contribution in [0.15, 0.2) is 40.5 Å². The molecule has 0 radical (unpaired) electrons. The van der Waals surface area contributed by atoms with E-state index in [1.165, 1.54) is 16.0 Å². The lowest BCUT2D eigenvalue weighted by atomic mass is 10.1. The van der Waals surface area contributed by atoms with Crippen molar-refractivity contribution >= 4 is 17.6 Å². The van der Waals surface area contributed by atoms with Gasteiger partial charge in [-0.1, -0.05) is 50.7 Å². The molecule has 0 amide bonds. The molecule has 2 rings (SSSR count). The Balaban J connectivity index is 2.36. The highest BCUT2D eigenvalue weighted by Gasteiger charge is 2.16. The quantitative estimate of drug-likeness (QED) is 0.772. The van der Waals surface area contributed by atoms with Crippen LogP contribution in [-0.2, 0) is 0 Å². The number of anilines is 1. The third-order valence-electron chi connectivity index (χ3n) is 3.27. The van der Waals surface area contributed by atoms with E-state index in [4.69, 9.17) is 0 Å². The van der Waals surface area contributed by atoms with E-state index < -0.39 is 0 Å². The summed E-state index contributed by atoms with van der Waals surface area (Å²) in [6, 6.07) is 8.42. The van der Waals surface area contributed by atoms with Crippen LogP contribution in [0, 0.1) is 6.92 Å². The molecular formula is C17H23N3S. The molecule has 0 aliphatic carbocycles. The Bertz CT molecular complexity index is 596. The van der Waals surface area contributed by atoms with E-state index in [1.54, 1.807) is 18.1 Å². The van der Waals surface area contributed by atoms with E-state index in [2.05, 4.69) is 67.2 Å². The van der Waals surface area contributed by atoms with Crippen LogP contribution in [0.25, 0.3) is 0 Å². The summed E-state index contributed by atoms with van der Waals surface area (Å²) in [5, 5.41) is 4.47. The van der Waals surface area contributed by atoms with Gasteiger partial charge in [-0.2, -0.15) is 0 Å². The van der Waals surface area contributed by atoms with Gasteiger partial charge in [-0.05, 0) is 30.9 Å². The largest absolute Gasteiger partial charge is 0.370 e. The van der Waals surface area contributed by atoms with Gasteiger partial charge in [-0.15, -0.1) is 0 Å².